The van der Waals surface area contributed by atoms with Gasteiger partial charge in [-0.1, -0.05) is 0 Å². The Morgan fingerprint density at radius 3 is 2.76 bits per heavy atom. The lowest BCUT2D eigenvalue weighted by Crippen LogP contribution is -2.40. The van der Waals surface area contributed by atoms with Gasteiger partial charge in [-0.2, -0.15) is 4.58 Å². The summed E-state index contributed by atoms with van der Waals surface area (Å²) in [6.07, 6.45) is 1.88. The van der Waals surface area contributed by atoms with E-state index in [0.29, 0.717) is 12.4 Å². The van der Waals surface area contributed by atoms with Crippen LogP contribution in [0.25, 0.3) is 0 Å². The number of nitrogens with zero attached hydrogens (tertiary/aromatic N) is 3. The molecule has 2 aliphatic rings. The molecule has 8 heteroatoms. The summed E-state index contributed by atoms with van der Waals surface area (Å²) >= 11 is 0. The highest BCUT2D eigenvalue weighted by molar-refractivity contribution is 5.85. The van der Waals surface area contributed by atoms with Crippen LogP contribution in [0.4, 0.5) is 5.82 Å². The van der Waals surface area contributed by atoms with Crippen molar-refractivity contribution in [1.82, 2.24) is 9.97 Å². The number of anilines is 1. The quantitative estimate of drug-likeness (QED) is 0.669. The van der Waals surface area contributed by atoms with Gasteiger partial charge in [-0.25, -0.2) is 9.97 Å². The largest absolute Gasteiger partial charge is 0.394 e. The Balaban J connectivity index is 1.88. The zero-order valence-corrected chi connectivity index (χ0v) is 12.0. The number of hydrogen-bond donors (Lipinski definition) is 2. The number of methoxy groups -OCH3 is 2. The Kier molecular flexibility index (Phi) is 3.85. The summed E-state index contributed by atoms with van der Waals surface area (Å²) in [5.74, 6) is 0.441. The fourth-order valence-corrected chi connectivity index (χ4v) is 2.92. The molecule has 3 N–H and O–H groups in total. The van der Waals surface area contributed by atoms with Crippen molar-refractivity contribution in [2.75, 3.05) is 26.6 Å². The maximum absolute atomic E-state index is 9.43. The topological polar surface area (TPSA) is 103 Å². The maximum atomic E-state index is 9.43. The minimum atomic E-state index is -0.425. The van der Waals surface area contributed by atoms with Crippen molar-refractivity contribution < 1.29 is 23.9 Å². The molecule has 1 aromatic rings. The van der Waals surface area contributed by atoms with Crippen LogP contribution in [-0.2, 0) is 20.8 Å². The van der Waals surface area contributed by atoms with Gasteiger partial charge in [-0.3, -0.25) is 0 Å². The highest BCUT2D eigenvalue weighted by Crippen LogP contribution is 2.29. The summed E-state index contributed by atoms with van der Waals surface area (Å²) in [7, 11) is 3.18. The monoisotopic (exact) mass is 295 g/mol. The third kappa shape index (κ3) is 2.30. The second-order valence-corrected chi connectivity index (χ2v) is 5.07. The first kappa shape index (κ1) is 14.3. The number of fused-ring (bicyclic) bond motifs is 1. The number of hydrogen-bond acceptors (Lipinski definition) is 7. The number of nitrogens with two attached hydrogens (primary N) is 1. The van der Waals surface area contributed by atoms with Gasteiger partial charge in [0.15, 0.2) is 18.9 Å². The second kappa shape index (κ2) is 5.64. The third-order valence-electron chi connectivity index (χ3n) is 3.96. The summed E-state index contributed by atoms with van der Waals surface area (Å²) in [5.41, 5.74) is 7.51. The van der Waals surface area contributed by atoms with E-state index in [-0.39, 0.29) is 25.0 Å². The molecule has 0 amide bonds. The molecule has 0 aromatic carbocycles. The molecule has 21 heavy (non-hydrogen) atoms. The van der Waals surface area contributed by atoms with Gasteiger partial charge >= 0.3 is 0 Å². The number of aliphatic hydroxyl groups excluding tert-OH is 1. The molecule has 2 aliphatic heterocycles. The van der Waals surface area contributed by atoms with E-state index in [1.807, 2.05) is 10.8 Å². The van der Waals surface area contributed by atoms with E-state index in [1.165, 1.54) is 6.33 Å². The lowest BCUT2D eigenvalue weighted by Gasteiger charge is -2.18. The summed E-state index contributed by atoms with van der Waals surface area (Å²) < 4.78 is 18.7. The maximum Gasteiger partial charge on any atom is 0.287 e. The van der Waals surface area contributed by atoms with Crippen molar-refractivity contribution in [2.45, 2.75) is 31.1 Å². The van der Waals surface area contributed by atoms with Crippen molar-refractivity contribution in [3.05, 3.63) is 17.6 Å². The fourth-order valence-electron chi connectivity index (χ4n) is 2.92. The fraction of sp³-hybridized carbons (Fsp3) is 0.615. The third-order valence-corrected chi connectivity index (χ3v) is 3.96. The number of aliphatic hydroxyl groups is 1. The van der Waals surface area contributed by atoms with E-state index < -0.39 is 6.10 Å². The summed E-state index contributed by atoms with van der Waals surface area (Å²) in [6, 6.07) is 0. The first-order valence-corrected chi connectivity index (χ1v) is 6.71. The van der Waals surface area contributed by atoms with E-state index >= 15 is 0 Å². The Morgan fingerprint density at radius 1 is 1.38 bits per heavy atom. The normalized spacial score (nSPS) is 31.3. The van der Waals surface area contributed by atoms with Crippen molar-refractivity contribution in [3.63, 3.8) is 0 Å². The smallest absolute Gasteiger partial charge is 0.287 e. The summed E-state index contributed by atoms with van der Waals surface area (Å²) in [6.45, 7) is 0.429. The molecule has 3 rings (SSSR count). The number of ether oxygens (including phenoxy) is 3. The standard InChI is InChI=1S/C13H18N4O4/c1-19-10-9(5-18)21-13(11(10)20-2)17-3-7-8(4-17)15-6-16-12(7)14/h3,6,9-11,13-14,18H,4-5H2,1-2H3/p+1/t9-,10+,11?,13-/m1/s1. The van der Waals surface area contributed by atoms with Crippen LogP contribution in [0.3, 0.4) is 0 Å². The highest BCUT2D eigenvalue weighted by Gasteiger charge is 2.52. The van der Waals surface area contributed by atoms with Gasteiger partial charge in [0.05, 0.1) is 6.61 Å². The Hall–Kier alpha value is -1.61. The van der Waals surface area contributed by atoms with Crippen LogP contribution in [0, 0.1) is 0 Å². The van der Waals surface area contributed by atoms with E-state index in [9.17, 15) is 5.11 Å². The lowest BCUT2D eigenvalue weighted by molar-refractivity contribution is -0.625. The number of nitrogen functional groups attached to an aromatic ring is 1. The van der Waals surface area contributed by atoms with Crippen LogP contribution in [0.2, 0.25) is 0 Å². The minimum absolute atomic E-state index is 0.127. The van der Waals surface area contributed by atoms with E-state index in [1.54, 1.807) is 14.2 Å². The predicted octanol–water partition coefficient (Wildman–Crippen LogP) is -1.25. The van der Waals surface area contributed by atoms with Crippen molar-refractivity contribution in [2.24, 2.45) is 0 Å². The Morgan fingerprint density at radius 2 is 2.14 bits per heavy atom. The van der Waals surface area contributed by atoms with Crippen LogP contribution in [0.5, 0.6) is 0 Å². The molecule has 0 radical (unpaired) electrons. The second-order valence-electron chi connectivity index (χ2n) is 5.07. The zero-order chi connectivity index (χ0) is 15.0. The van der Waals surface area contributed by atoms with Crippen LogP contribution < -0.4 is 5.73 Å². The first-order valence-electron chi connectivity index (χ1n) is 6.71. The molecular weight excluding hydrogens is 276 g/mol. The van der Waals surface area contributed by atoms with Gasteiger partial charge in [-0.15, -0.1) is 0 Å². The highest BCUT2D eigenvalue weighted by atomic mass is 16.6. The van der Waals surface area contributed by atoms with Crippen LogP contribution >= 0.6 is 0 Å². The van der Waals surface area contributed by atoms with Gasteiger partial charge in [0.2, 0.25) is 0 Å². The SMILES string of the molecule is COC1[C@@H](OC)[C@@H](CO)O[C@H]1[N+]1=Cc2c(N)ncnc2C1. The molecule has 3 heterocycles. The molecule has 1 saturated heterocycles. The van der Waals surface area contributed by atoms with Crippen LogP contribution in [0.1, 0.15) is 11.3 Å². The van der Waals surface area contributed by atoms with Gasteiger partial charge in [0, 0.05) is 14.2 Å². The molecule has 4 atom stereocenters. The summed E-state index contributed by atoms with van der Waals surface area (Å²) in [4.78, 5) is 8.22. The average molecular weight is 295 g/mol. The van der Waals surface area contributed by atoms with Gasteiger partial charge in [0.1, 0.15) is 35.6 Å². The zero-order valence-electron chi connectivity index (χ0n) is 12.0. The summed E-state index contributed by atoms with van der Waals surface area (Å²) in [5, 5.41) is 9.43. The number of rotatable bonds is 4. The van der Waals surface area contributed by atoms with Crippen molar-refractivity contribution >= 4 is 12.0 Å². The molecule has 1 aromatic heterocycles. The van der Waals surface area contributed by atoms with E-state index in [4.69, 9.17) is 19.9 Å². The Labute approximate surface area is 122 Å². The molecule has 114 valence electrons. The first-order chi connectivity index (χ1) is 10.2. The average Bonchev–Trinajstić information content (AvgIpc) is 3.07. The van der Waals surface area contributed by atoms with Crippen molar-refractivity contribution in [1.29, 1.82) is 0 Å². The lowest BCUT2D eigenvalue weighted by atomic mass is 10.1. The van der Waals surface area contributed by atoms with Gasteiger partial charge in [0.25, 0.3) is 6.23 Å². The molecule has 0 aliphatic carbocycles. The molecule has 0 spiro atoms. The molecular formula is C13H19N4O4+. The molecule has 8 nitrogen and oxygen atoms in total. The van der Waals surface area contributed by atoms with E-state index in [2.05, 4.69) is 9.97 Å². The van der Waals surface area contributed by atoms with Crippen LogP contribution in [-0.4, -0.2) is 71.2 Å². The Bertz CT molecular complexity index is 565. The predicted molar refractivity (Wildman–Crippen MR) is 72.9 cm³/mol. The van der Waals surface area contributed by atoms with Crippen LogP contribution in [0.15, 0.2) is 6.33 Å². The molecule has 1 unspecified atom stereocenters. The molecule has 1 fully saturated rings. The molecule has 0 saturated carbocycles. The van der Waals surface area contributed by atoms with Gasteiger partial charge in [-0.05, 0) is 0 Å². The number of aromatic nitrogens is 2. The molecule has 0 bridgehead atoms. The van der Waals surface area contributed by atoms with Crippen molar-refractivity contribution in [3.8, 4) is 0 Å². The minimum Gasteiger partial charge on any atom is -0.394 e. The van der Waals surface area contributed by atoms with Gasteiger partial charge < -0.3 is 25.1 Å². The van der Waals surface area contributed by atoms with E-state index in [0.717, 1.165) is 11.3 Å².